The van der Waals surface area contributed by atoms with Gasteiger partial charge < -0.3 is 20.1 Å². The van der Waals surface area contributed by atoms with Crippen LogP contribution in [0.1, 0.15) is 19.4 Å². The van der Waals surface area contributed by atoms with Gasteiger partial charge in [-0.05, 0) is 32.0 Å². The second kappa shape index (κ2) is 9.76. The summed E-state index contributed by atoms with van der Waals surface area (Å²) in [7, 11) is 1.67. The van der Waals surface area contributed by atoms with E-state index in [0.29, 0.717) is 25.4 Å². The summed E-state index contributed by atoms with van der Waals surface area (Å²) < 4.78 is 11.7. The molecule has 1 amide bonds. The molecule has 0 saturated carbocycles. The number of halogens is 1. The fraction of sp³-hybridized carbons (Fsp3) is 0.533. The van der Waals surface area contributed by atoms with Gasteiger partial charge in [0.25, 0.3) is 5.91 Å². The monoisotopic (exact) mass is 358 g/mol. The largest absolute Gasteiger partial charge is 0.481 e. The summed E-state index contributed by atoms with van der Waals surface area (Å²) in [6.07, 6.45) is -0.524. The minimum atomic E-state index is -0.524. The highest BCUT2D eigenvalue weighted by Gasteiger charge is 2.15. The Morgan fingerprint density at radius 1 is 1.43 bits per heavy atom. The van der Waals surface area contributed by atoms with Crippen LogP contribution < -0.4 is 15.4 Å². The van der Waals surface area contributed by atoms with E-state index in [1.54, 1.807) is 14.0 Å². The Labute approximate surface area is 134 Å². The first kappa shape index (κ1) is 17.9. The second-order valence-electron chi connectivity index (χ2n) is 4.58. The topological polar surface area (TPSA) is 59.6 Å². The average Bonchev–Trinajstić information content (AvgIpc) is 2.46. The van der Waals surface area contributed by atoms with E-state index >= 15 is 0 Å². The number of rotatable bonds is 9. The lowest BCUT2D eigenvalue weighted by Crippen LogP contribution is -2.36. The molecule has 5 nitrogen and oxygen atoms in total. The maximum atomic E-state index is 11.7. The zero-order chi connectivity index (χ0) is 15.7. The highest BCUT2D eigenvalue weighted by molar-refractivity contribution is 9.10. The number of methoxy groups -OCH3 is 1. The number of carbonyl (C=O) groups is 1. The quantitative estimate of drug-likeness (QED) is 0.663. The van der Waals surface area contributed by atoms with Crippen molar-refractivity contribution in [3.05, 3.63) is 28.2 Å². The lowest BCUT2D eigenvalue weighted by atomic mass is 10.2. The molecule has 6 heteroatoms. The molecular formula is C15H23BrN2O3. The summed E-state index contributed by atoms with van der Waals surface area (Å²) in [5.74, 6) is 0.598. The standard InChI is InChI=1S/C15H23BrN2O3/c1-4-18-15(19)11(2)21-14-6-5-13(16)9-12(14)10-17-7-8-20-3/h5-6,9,11,17H,4,7-8,10H2,1-3H3,(H,18,19). The maximum Gasteiger partial charge on any atom is 0.260 e. The van der Waals surface area contributed by atoms with Gasteiger partial charge in [-0.15, -0.1) is 0 Å². The van der Waals surface area contributed by atoms with Crippen LogP contribution in [0.25, 0.3) is 0 Å². The molecule has 1 rings (SSSR count). The van der Waals surface area contributed by atoms with Gasteiger partial charge in [-0.1, -0.05) is 15.9 Å². The van der Waals surface area contributed by atoms with Crippen molar-refractivity contribution in [3.8, 4) is 5.75 Å². The minimum absolute atomic E-state index is 0.112. The van der Waals surface area contributed by atoms with Crippen LogP contribution in [0.5, 0.6) is 5.75 Å². The van der Waals surface area contributed by atoms with E-state index in [1.165, 1.54) is 0 Å². The van der Waals surface area contributed by atoms with Crippen LogP contribution in [0.3, 0.4) is 0 Å². The molecule has 21 heavy (non-hydrogen) atoms. The highest BCUT2D eigenvalue weighted by Crippen LogP contribution is 2.24. The third-order valence-electron chi connectivity index (χ3n) is 2.84. The Kier molecular flexibility index (Phi) is 8.34. The number of amides is 1. The smallest absolute Gasteiger partial charge is 0.260 e. The van der Waals surface area contributed by atoms with E-state index in [0.717, 1.165) is 16.6 Å². The van der Waals surface area contributed by atoms with Crippen LogP contribution in [0, 0.1) is 0 Å². The zero-order valence-electron chi connectivity index (χ0n) is 12.7. The van der Waals surface area contributed by atoms with Crippen LogP contribution in [0.4, 0.5) is 0 Å². The summed E-state index contributed by atoms with van der Waals surface area (Å²) in [5.41, 5.74) is 0.997. The summed E-state index contributed by atoms with van der Waals surface area (Å²) in [4.78, 5) is 11.7. The molecule has 0 aliphatic rings. The molecule has 2 N–H and O–H groups in total. The molecule has 0 bridgehead atoms. The Bertz CT molecular complexity index is 455. The van der Waals surface area contributed by atoms with Gasteiger partial charge in [0.15, 0.2) is 6.10 Å². The second-order valence-corrected chi connectivity index (χ2v) is 5.49. The number of hydrogen-bond acceptors (Lipinski definition) is 4. The van der Waals surface area contributed by atoms with E-state index in [1.807, 2.05) is 25.1 Å². The predicted molar refractivity (Wildman–Crippen MR) is 86.5 cm³/mol. The number of likely N-dealkylation sites (N-methyl/N-ethyl adjacent to an activating group) is 1. The molecular weight excluding hydrogens is 336 g/mol. The number of nitrogens with one attached hydrogen (secondary N) is 2. The highest BCUT2D eigenvalue weighted by atomic mass is 79.9. The molecule has 0 saturated heterocycles. The van der Waals surface area contributed by atoms with Crippen LogP contribution in [-0.4, -0.2) is 38.8 Å². The third kappa shape index (κ3) is 6.46. The molecule has 0 radical (unpaired) electrons. The lowest BCUT2D eigenvalue weighted by Gasteiger charge is -2.17. The summed E-state index contributed by atoms with van der Waals surface area (Å²) >= 11 is 3.45. The Hall–Kier alpha value is -1.11. The Morgan fingerprint density at radius 3 is 2.86 bits per heavy atom. The Balaban J connectivity index is 2.69. The molecule has 0 spiro atoms. The van der Waals surface area contributed by atoms with Gasteiger partial charge >= 0.3 is 0 Å². The third-order valence-corrected chi connectivity index (χ3v) is 3.34. The van der Waals surface area contributed by atoms with Crippen LogP contribution in [0.2, 0.25) is 0 Å². The van der Waals surface area contributed by atoms with Crippen molar-refractivity contribution in [2.45, 2.75) is 26.5 Å². The van der Waals surface area contributed by atoms with E-state index < -0.39 is 6.10 Å². The summed E-state index contributed by atoms with van der Waals surface area (Å²) in [6.45, 7) is 6.29. The van der Waals surface area contributed by atoms with Gasteiger partial charge in [0.2, 0.25) is 0 Å². The van der Waals surface area contributed by atoms with Crippen molar-refractivity contribution in [3.63, 3.8) is 0 Å². The summed E-state index contributed by atoms with van der Waals surface area (Å²) in [6, 6.07) is 5.76. The van der Waals surface area contributed by atoms with Crippen LogP contribution in [-0.2, 0) is 16.1 Å². The van der Waals surface area contributed by atoms with Crippen LogP contribution >= 0.6 is 15.9 Å². The molecule has 0 aromatic heterocycles. The molecule has 0 aliphatic heterocycles. The van der Waals surface area contributed by atoms with E-state index in [2.05, 4.69) is 26.6 Å². The molecule has 0 fully saturated rings. The molecule has 0 aliphatic carbocycles. The maximum absolute atomic E-state index is 11.7. The number of hydrogen-bond donors (Lipinski definition) is 2. The normalized spacial score (nSPS) is 12.0. The predicted octanol–water partition coefficient (Wildman–Crippen LogP) is 2.09. The molecule has 1 aromatic rings. The number of carbonyl (C=O) groups excluding carboxylic acids is 1. The molecule has 118 valence electrons. The van der Waals surface area contributed by atoms with Crippen molar-refractivity contribution in [1.29, 1.82) is 0 Å². The van der Waals surface area contributed by atoms with Gasteiger partial charge in [-0.2, -0.15) is 0 Å². The van der Waals surface area contributed by atoms with Gasteiger partial charge in [0, 0.05) is 36.8 Å². The van der Waals surface area contributed by atoms with Crippen LogP contribution in [0.15, 0.2) is 22.7 Å². The van der Waals surface area contributed by atoms with Gasteiger partial charge in [0.05, 0.1) is 6.61 Å². The average molecular weight is 359 g/mol. The fourth-order valence-corrected chi connectivity index (χ4v) is 2.17. The first-order valence-corrected chi connectivity index (χ1v) is 7.80. The zero-order valence-corrected chi connectivity index (χ0v) is 14.3. The van der Waals surface area contributed by atoms with E-state index in [9.17, 15) is 4.79 Å². The molecule has 1 aromatic carbocycles. The number of benzene rings is 1. The minimum Gasteiger partial charge on any atom is -0.481 e. The fourth-order valence-electron chi connectivity index (χ4n) is 1.76. The molecule has 1 unspecified atom stereocenters. The van der Waals surface area contributed by atoms with Crippen molar-refractivity contribution in [1.82, 2.24) is 10.6 Å². The van der Waals surface area contributed by atoms with Crippen molar-refractivity contribution in [2.24, 2.45) is 0 Å². The lowest BCUT2D eigenvalue weighted by molar-refractivity contribution is -0.127. The van der Waals surface area contributed by atoms with Gasteiger partial charge in [-0.3, -0.25) is 4.79 Å². The van der Waals surface area contributed by atoms with Crippen molar-refractivity contribution in [2.75, 3.05) is 26.8 Å². The number of ether oxygens (including phenoxy) is 2. The molecule has 1 atom stereocenters. The first-order valence-electron chi connectivity index (χ1n) is 7.01. The Morgan fingerprint density at radius 2 is 2.19 bits per heavy atom. The van der Waals surface area contributed by atoms with E-state index in [4.69, 9.17) is 9.47 Å². The van der Waals surface area contributed by atoms with Crippen molar-refractivity contribution >= 4 is 21.8 Å². The van der Waals surface area contributed by atoms with Gasteiger partial charge in [-0.25, -0.2) is 0 Å². The first-order chi connectivity index (χ1) is 10.1. The van der Waals surface area contributed by atoms with Crippen molar-refractivity contribution < 1.29 is 14.3 Å². The SMILES string of the molecule is CCNC(=O)C(C)Oc1ccc(Br)cc1CNCCOC. The summed E-state index contributed by atoms with van der Waals surface area (Å²) in [5, 5.41) is 6.02. The van der Waals surface area contributed by atoms with E-state index in [-0.39, 0.29) is 5.91 Å². The van der Waals surface area contributed by atoms with Gasteiger partial charge in [0.1, 0.15) is 5.75 Å². The molecule has 0 heterocycles.